The van der Waals surface area contributed by atoms with Crippen LogP contribution >= 0.6 is 0 Å². The molecule has 0 radical (unpaired) electrons. The maximum Gasteiger partial charge on any atom is 0.355 e. The number of esters is 1. The van der Waals surface area contributed by atoms with E-state index in [1.54, 1.807) is 38.0 Å². The Morgan fingerprint density at radius 3 is 2.47 bits per heavy atom. The summed E-state index contributed by atoms with van der Waals surface area (Å²) in [6, 6.07) is 2.91. The maximum absolute atomic E-state index is 13.7. The molecule has 1 amide bonds. The van der Waals surface area contributed by atoms with Crippen LogP contribution in [0.1, 0.15) is 84.3 Å². The standard InChI is InChI=1S/C25H34N2O5/c1-6-26-17(4)21(16(3)22(26)25(30)31-7-2)23(28)18(5)27(15-20-13-10-14-32-20)24(29)19-11-8-9-12-19/h10,13-14,18-19H,6-9,11-12,15H2,1-5H3. The van der Waals surface area contributed by atoms with Crippen LogP contribution in [0.5, 0.6) is 0 Å². The van der Waals surface area contributed by atoms with Gasteiger partial charge in [0, 0.05) is 23.7 Å². The topological polar surface area (TPSA) is 81.8 Å². The molecule has 2 aromatic heterocycles. The molecule has 1 unspecified atom stereocenters. The van der Waals surface area contributed by atoms with E-state index in [9.17, 15) is 14.4 Å². The van der Waals surface area contributed by atoms with Crippen molar-refractivity contribution in [2.45, 2.75) is 79.4 Å². The van der Waals surface area contributed by atoms with Crippen molar-refractivity contribution in [2.75, 3.05) is 6.61 Å². The van der Waals surface area contributed by atoms with E-state index in [2.05, 4.69) is 0 Å². The molecular formula is C25H34N2O5. The highest BCUT2D eigenvalue weighted by Crippen LogP contribution is 2.30. The third kappa shape index (κ3) is 4.52. The van der Waals surface area contributed by atoms with E-state index in [0.29, 0.717) is 29.1 Å². The van der Waals surface area contributed by atoms with Crippen LogP contribution in [0.2, 0.25) is 0 Å². The van der Waals surface area contributed by atoms with Crippen molar-refractivity contribution < 1.29 is 23.5 Å². The Hall–Kier alpha value is -2.83. The molecule has 1 atom stereocenters. The Labute approximate surface area is 189 Å². The number of carbonyl (C=O) groups excluding carboxylic acids is 3. The number of nitrogens with zero attached hydrogens (tertiary/aromatic N) is 2. The molecule has 1 aliphatic rings. The maximum atomic E-state index is 13.7. The molecule has 174 valence electrons. The molecule has 0 aliphatic heterocycles. The first-order valence-electron chi connectivity index (χ1n) is 11.6. The zero-order valence-electron chi connectivity index (χ0n) is 19.8. The molecule has 0 spiro atoms. The SMILES string of the molecule is CCOC(=O)c1c(C)c(C(=O)C(C)N(Cc2ccco2)C(=O)C2CCCC2)c(C)n1CC. The zero-order valence-corrected chi connectivity index (χ0v) is 19.8. The average Bonchev–Trinajstić information content (AvgIpc) is 3.52. The second-order valence-corrected chi connectivity index (χ2v) is 8.47. The minimum atomic E-state index is -0.687. The lowest BCUT2D eigenvalue weighted by molar-refractivity contribution is -0.137. The van der Waals surface area contributed by atoms with E-state index in [-0.39, 0.29) is 30.8 Å². The first-order chi connectivity index (χ1) is 15.3. The Kier molecular flexibility index (Phi) is 7.59. The normalized spacial score (nSPS) is 15.0. The smallest absolute Gasteiger partial charge is 0.355 e. The van der Waals surface area contributed by atoms with Crippen LogP contribution in [0, 0.1) is 19.8 Å². The Bertz CT molecular complexity index is 967. The van der Waals surface area contributed by atoms with Crippen molar-refractivity contribution >= 4 is 17.7 Å². The minimum absolute atomic E-state index is 0.00408. The van der Waals surface area contributed by atoms with E-state index in [0.717, 1.165) is 31.4 Å². The summed E-state index contributed by atoms with van der Waals surface area (Å²) in [6.07, 6.45) is 5.35. The fraction of sp³-hybridized carbons (Fsp3) is 0.560. The number of rotatable bonds is 9. The average molecular weight is 443 g/mol. The summed E-state index contributed by atoms with van der Waals surface area (Å²) in [5.41, 5.74) is 2.22. The summed E-state index contributed by atoms with van der Waals surface area (Å²) in [5, 5.41) is 0. The van der Waals surface area contributed by atoms with Crippen molar-refractivity contribution in [1.82, 2.24) is 9.47 Å². The van der Waals surface area contributed by atoms with Gasteiger partial charge in [-0.05, 0) is 65.2 Å². The van der Waals surface area contributed by atoms with Crippen LogP contribution in [0.15, 0.2) is 22.8 Å². The zero-order chi connectivity index (χ0) is 23.4. The first kappa shape index (κ1) is 23.8. The van der Waals surface area contributed by atoms with E-state index < -0.39 is 12.0 Å². The Morgan fingerprint density at radius 1 is 1.22 bits per heavy atom. The molecule has 2 aromatic rings. The third-order valence-corrected chi connectivity index (χ3v) is 6.54. The number of hydrogen-bond acceptors (Lipinski definition) is 5. The van der Waals surface area contributed by atoms with Crippen molar-refractivity contribution in [1.29, 1.82) is 0 Å². The van der Waals surface area contributed by atoms with Crippen molar-refractivity contribution in [3.8, 4) is 0 Å². The largest absolute Gasteiger partial charge is 0.467 e. The number of aromatic nitrogens is 1. The summed E-state index contributed by atoms with van der Waals surface area (Å²) >= 11 is 0. The van der Waals surface area contributed by atoms with Gasteiger partial charge in [-0.25, -0.2) is 4.79 Å². The van der Waals surface area contributed by atoms with Crippen molar-refractivity contribution in [2.24, 2.45) is 5.92 Å². The van der Waals surface area contributed by atoms with E-state index >= 15 is 0 Å². The number of hydrogen-bond donors (Lipinski definition) is 0. The predicted octanol–water partition coefficient (Wildman–Crippen LogP) is 4.68. The van der Waals surface area contributed by atoms with Crippen LogP contribution in [-0.2, 0) is 22.6 Å². The predicted molar refractivity (Wildman–Crippen MR) is 121 cm³/mol. The van der Waals surface area contributed by atoms with Crippen LogP contribution in [0.4, 0.5) is 0 Å². The molecule has 0 aromatic carbocycles. The Morgan fingerprint density at radius 2 is 1.91 bits per heavy atom. The fourth-order valence-electron chi connectivity index (χ4n) is 4.85. The van der Waals surface area contributed by atoms with Gasteiger partial charge in [0.1, 0.15) is 11.5 Å². The number of ketones is 1. The molecular weight excluding hydrogens is 408 g/mol. The quantitative estimate of drug-likeness (QED) is 0.416. The Balaban J connectivity index is 1.97. The van der Waals surface area contributed by atoms with Gasteiger partial charge in [-0.15, -0.1) is 0 Å². The summed E-state index contributed by atoms with van der Waals surface area (Å²) in [7, 11) is 0. The summed E-state index contributed by atoms with van der Waals surface area (Å²) < 4.78 is 12.5. The van der Waals surface area contributed by atoms with Crippen LogP contribution in [0.25, 0.3) is 0 Å². The molecule has 0 bridgehead atoms. The fourth-order valence-corrected chi connectivity index (χ4v) is 4.85. The molecule has 3 rings (SSSR count). The number of furan rings is 1. The monoisotopic (exact) mass is 442 g/mol. The number of Topliss-reactive ketones (excluding diaryl/α,β-unsaturated/α-hetero) is 1. The second kappa shape index (κ2) is 10.2. The second-order valence-electron chi connectivity index (χ2n) is 8.47. The van der Waals surface area contributed by atoms with Gasteiger partial charge in [0.2, 0.25) is 5.91 Å². The molecule has 0 saturated heterocycles. The van der Waals surface area contributed by atoms with Gasteiger partial charge in [-0.3, -0.25) is 9.59 Å². The third-order valence-electron chi connectivity index (χ3n) is 6.54. The molecule has 0 N–H and O–H groups in total. The van der Waals surface area contributed by atoms with Crippen LogP contribution in [-0.4, -0.2) is 39.8 Å². The van der Waals surface area contributed by atoms with Gasteiger partial charge in [0.15, 0.2) is 5.78 Å². The van der Waals surface area contributed by atoms with Crippen LogP contribution < -0.4 is 0 Å². The van der Waals surface area contributed by atoms with Gasteiger partial charge in [0.05, 0.1) is 25.5 Å². The lowest BCUT2D eigenvalue weighted by atomic mass is 9.98. The van der Waals surface area contributed by atoms with Gasteiger partial charge in [0.25, 0.3) is 0 Å². The number of ether oxygens (including phenoxy) is 1. The molecule has 2 heterocycles. The number of carbonyl (C=O) groups is 3. The highest BCUT2D eigenvalue weighted by molar-refractivity contribution is 6.06. The molecule has 1 fully saturated rings. The summed E-state index contributed by atoms with van der Waals surface area (Å²) in [5.74, 6) is -0.0251. The minimum Gasteiger partial charge on any atom is -0.467 e. The highest BCUT2D eigenvalue weighted by atomic mass is 16.5. The lowest BCUT2D eigenvalue weighted by Gasteiger charge is -2.30. The van der Waals surface area contributed by atoms with Gasteiger partial charge >= 0.3 is 5.97 Å². The molecule has 7 heteroatoms. The summed E-state index contributed by atoms with van der Waals surface area (Å²) in [6.45, 7) is 10.1. The molecule has 1 saturated carbocycles. The van der Waals surface area contributed by atoms with E-state index in [1.807, 2.05) is 24.5 Å². The molecule has 7 nitrogen and oxygen atoms in total. The van der Waals surface area contributed by atoms with Crippen molar-refractivity contribution in [3.05, 3.63) is 46.7 Å². The van der Waals surface area contributed by atoms with E-state index in [4.69, 9.17) is 9.15 Å². The van der Waals surface area contributed by atoms with Gasteiger partial charge in [-0.2, -0.15) is 0 Å². The lowest BCUT2D eigenvalue weighted by Crippen LogP contribution is -2.45. The summed E-state index contributed by atoms with van der Waals surface area (Å²) in [4.78, 5) is 41.4. The molecule has 32 heavy (non-hydrogen) atoms. The van der Waals surface area contributed by atoms with E-state index in [1.165, 1.54) is 0 Å². The van der Waals surface area contributed by atoms with Crippen LogP contribution in [0.3, 0.4) is 0 Å². The van der Waals surface area contributed by atoms with Crippen molar-refractivity contribution in [3.63, 3.8) is 0 Å². The molecule has 1 aliphatic carbocycles. The number of amides is 1. The first-order valence-corrected chi connectivity index (χ1v) is 11.6. The van der Waals surface area contributed by atoms with Gasteiger partial charge in [-0.1, -0.05) is 12.8 Å². The van der Waals surface area contributed by atoms with Gasteiger partial charge < -0.3 is 18.6 Å². The highest BCUT2D eigenvalue weighted by Gasteiger charge is 2.36.